The molecule has 21 heavy (non-hydrogen) atoms. The molecule has 0 bridgehead atoms. The van der Waals surface area contributed by atoms with E-state index in [0.717, 1.165) is 17.6 Å². The molecule has 0 radical (unpaired) electrons. The normalized spacial score (nSPS) is 25.7. The van der Waals surface area contributed by atoms with E-state index in [1.165, 1.54) is 49.9 Å². The second-order valence-electron chi connectivity index (χ2n) is 5.96. The van der Waals surface area contributed by atoms with Crippen LogP contribution in [0.15, 0.2) is 0 Å². The van der Waals surface area contributed by atoms with Gasteiger partial charge in [0.05, 0.1) is 12.3 Å². The molecule has 1 aromatic rings. The van der Waals surface area contributed by atoms with Crippen LogP contribution in [-0.2, 0) is 11.3 Å². The van der Waals surface area contributed by atoms with Gasteiger partial charge in [-0.3, -0.25) is 0 Å². The summed E-state index contributed by atoms with van der Waals surface area (Å²) < 4.78 is 5.09. The number of anilines is 1. The van der Waals surface area contributed by atoms with Gasteiger partial charge in [0, 0.05) is 19.7 Å². The maximum atomic E-state index is 11.4. The number of aromatic nitrogens is 1. The molecule has 0 spiro atoms. The molecule has 1 N–H and O–H groups in total. The molecular weight excluding hydrogens is 288 g/mol. The van der Waals surface area contributed by atoms with E-state index in [0.29, 0.717) is 16.6 Å². The molecule has 0 aromatic carbocycles. The first-order valence-electron chi connectivity index (χ1n) is 7.69. The van der Waals surface area contributed by atoms with Gasteiger partial charge in [-0.1, -0.05) is 24.2 Å². The van der Waals surface area contributed by atoms with Crippen molar-refractivity contribution in [2.45, 2.75) is 51.2 Å². The van der Waals surface area contributed by atoms with Gasteiger partial charge in [-0.2, -0.15) is 0 Å². The van der Waals surface area contributed by atoms with E-state index in [-0.39, 0.29) is 6.61 Å². The van der Waals surface area contributed by atoms with Gasteiger partial charge in [-0.15, -0.1) is 0 Å². The Kier molecular flexibility index (Phi) is 4.45. The van der Waals surface area contributed by atoms with E-state index >= 15 is 0 Å². The fraction of sp³-hybridized carbons (Fsp3) is 0.733. The number of carboxylic acids is 1. The van der Waals surface area contributed by atoms with Crippen molar-refractivity contribution in [2.24, 2.45) is 5.92 Å². The summed E-state index contributed by atoms with van der Waals surface area (Å²) in [5.41, 5.74) is 0.558. The molecule has 1 saturated heterocycles. The van der Waals surface area contributed by atoms with Crippen molar-refractivity contribution in [2.75, 3.05) is 18.6 Å². The van der Waals surface area contributed by atoms with Gasteiger partial charge >= 0.3 is 5.97 Å². The van der Waals surface area contributed by atoms with Crippen LogP contribution < -0.4 is 4.90 Å². The minimum atomic E-state index is -0.900. The first kappa shape index (κ1) is 14.8. The van der Waals surface area contributed by atoms with Crippen LogP contribution in [0.1, 0.15) is 53.9 Å². The van der Waals surface area contributed by atoms with Crippen molar-refractivity contribution >= 4 is 22.4 Å². The predicted molar refractivity (Wildman–Crippen MR) is 82.1 cm³/mol. The third-order valence-electron chi connectivity index (χ3n) is 4.65. The summed E-state index contributed by atoms with van der Waals surface area (Å²) in [4.78, 5) is 18.6. The summed E-state index contributed by atoms with van der Waals surface area (Å²) in [5.74, 6) is -0.140. The van der Waals surface area contributed by atoms with Crippen LogP contribution in [0, 0.1) is 5.92 Å². The van der Waals surface area contributed by atoms with Crippen molar-refractivity contribution in [1.29, 1.82) is 0 Å². The molecular formula is C15H22N2O3S. The Morgan fingerprint density at radius 2 is 2.14 bits per heavy atom. The lowest BCUT2D eigenvalue weighted by molar-refractivity contribution is 0.0697. The smallest absolute Gasteiger partial charge is 0.347 e. The van der Waals surface area contributed by atoms with E-state index in [4.69, 9.17) is 4.74 Å². The van der Waals surface area contributed by atoms with Gasteiger partial charge in [-0.25, -0.2) is 9.78 Å². The van der Waals surface area contributed by atoms with Crippen molar-refractivity contribution in [1.82, 2.24) is 4.98 Å². The molecule has 1 saturated carbocycles. The minimum Gasteiger partial charge on any atom is -0.477 e. The lowest BCUT2D eigenvalue weighted by Crippen LogP contribution is -2.46. The number of methoxy groups -OCH3 is 1. The highest BCUT2D eigenvalue weighted by atomic mass is 32.1. The molecule has 2 aliphatic rings. The summed E-state index contributed by atoms with van der Waals surface area (Å²) in [6.45, 7) is 1.26. The monoisotopic (exact) mass is 310 g/mol. The Balaban J connectivity index is 1.88. The van der Waals surface area contributed by atoms with Gasteiger partial charge in [0.25, 0.3) is 0 Å². The lowest BCUT2D eigenvalue weighted by Gasteiger charge is -2.44. The average Bonchev–Trinajstić information content (AvgIpc) is 2.91. The molecule has 0 unspecified atom stereocenters. The van der Waals surface area contributed by atoms with Crippen LogP contribution in [-0.4, -0.2) is 35.8 Å². The topological polar surface area (TPSA) is 62.7 Å². The van der Waals surface area contributed by atoms with E-state index in [2.05, 4.69) is 9.88 Å². The molecule has 1 aliphatic heterocycles. The van der Waals surface area contributed by atoms with Crippen LogP contribution in [0.25, 0.3) is 0 Å². The summed E-state index contributed by atoms with van der Waals surface area (Å²) in [6, 6.07) is 0.552. The zero-order valence-electron chi connectivity index (χ0n) is 12.4. The number of carbonyl (C=O) groups is 1. The summed E-state index contributed by atoms with van der Waals surface area (Å²) in [6.07, 6.45) is 7.63. The molecule has 5 nitrogen and oxygen atoms in total. The van der Waals surface area contributed by atoms with E-state index < -0.39 is 5.97 Å². The van der Waals surface area contributed by atoms with E-state index in [9.17, 15) is 9.90 Å². The number of hydrogen-bond acceptors (Lipinski definition) is 5. The van der Waals surface area contributed by atoms with Crippen LogP contribution >= 0.6 is 11.3 Å². The van der Waals surface area contributed by atoms with Crippen molar-refractivity contribution in [3.63, 3.8) is 0 Å². The zero-order valence-corrected chi connectivity index (χ0v) is 13.2. The van der Waals surface area contributed by atoms with E-state index in [1.807, 2.05) is 0 Å². The number of rotatable bonds is 4. The van der Waals surface area contributed by atoms with Crippen LogP contribution in [0.3, 0.4) is 0 Å². The average molecular weight is 310 g/mol. The second-order valence-corrected chi connectivity index (χ2v) is 6.94. The second kappa shape index (κ2) is 6.32. The summed E-state index contributed by atoms with van der Waals surface area (Å²) in [7, 11) is 1.57. The highest BCUT2D eigenvalue weighted by Crippen LogP contribution is 2.39. The van der Waals surface area contributed by atoms with Crippen molar-refractivity contribution < 1.29 is 14.6 Å². The van der Waals surface area contributed by atoms with Crippen LogP contribution in [0.2, 0.25) is 0 Å². The van der Waals surface area contributed by atoms with Crippen LogP contribution in [0.5, 0.6) is 0 Å². The maximum absolute atomic E-state index is 11.4. The zero-order chi connectivity index (χ0) is 14.8. The molecule has 116 valence electrons. The summed E-state index contributed by atoms with van der Waals surface area (Å²) in [5, 5.41) is 10.2. The SMILES string of the molecule is COCc1nc(N2CCC[C@H]3CCCC[C@H]32)sc1C(=O)O. The van der Waals surface area contributed by atoms with Crippen LogP contribution in [0.4, 0.5) is 5.13 Å². The van der Waals surface area contributed by atoms with Gasteiger partial charge in [0.1, 0.15) is 4.88 Å². The highest BCUT2D eigenvalue weighted by Gasteiger charge is 2.35. The fourth-order valence-electron chi connectivity index (χ4n) is 3.73. The number of hydrogen-bond donors (Lipinski definition) is 1. The number of carboxylic acid groups (broad SMARTS) is 1. The number of piperidine rings is 1. The molecule has 2 heterocycles. The highest BCUT2D eigenvalue weighted by molar-refractivity contribution is 7.17. The third-order valence-corrected chi connectivity index (χ3v) is 5.77. The number of thiazole rings is 1. The Hall–Kier alpha value is -1.14. The van der Waals surface area contributed by atoms with Gasteiger partial charge in [0.2, 0.25) is 0 Å². The van der Waals surface area contributed by atoms with Gasteiger partial charge < -0.3 is 14.7 Å². The van der Waals surface area contributed by atoms with E-state index in [1.54, 1.807) is 7.11 Å². The first-order chi connectivity index (χ1) is 10.2. The minimum absolute atomic E-state index is 0.264. The Morgan fingerprint density at radius 3 is 2.90 bits per heavy atom. The van der Waals surface area contributed by atoms with Crippen molar-refractivity contribution in [3.8, 4) is 0 Å². The number of aromatic carboxylic acids is 1. The Morgan fingerprint density at radius 1 is 1.38 bits per heavy atom. The molecule has 6 heteroatoms. The molecule has 2 fully saturated rings. The number of ether oxygens (including phenoxy) is 1. The maximum Gasteiger partial charge on any atom is 0.347 e. The predicted octanol–water partition coefficient (Wildman–Crippen LogP) is 3.15. The fourth-order valence-corrected chi connectivity index (χ4v) is 4.72. The lowest BCUT2D eigenvalue weighted by atomic mass is 9.78. The molecule has 1 aromatic heterocycles. The van der Waals surface area contributed by atoms with Gasteiger partial charge in [-0.05, 0) is 31.6 Å². The van der Waals surface area contributed by atoms with Gasteiger partial charge in [0.15, 0.2) is 5.13 Å². The Bertz CT molecular complexity index is 515. The summed E-state index contributed by atoms with van der Waals surface area (Å²) >= 11 is 1.31. The Labute approximate surface area is 128 Å². The number of fused-ring (bicyclic) bond motifs is 1. The quantitative estimate of drug-likeness (QED) is 0.925. The molecule has 1 aliphatic carbocycles. The molecule has 2 atom stereocenters. The molecule has 0 amide bonds. The first-order valence-corrected chi connectivity index (χ1v) is 8.51. The number of nitrogens with zero attached hydrogens (tertiary/aromatic N) is 2. The largest absolute Gasteiger partial charge is 0.477 e. The van der Waals surface area contributed by atoms with Crippen molar-refractivity contribution in [3.05, 3.63) is 10.6 Å². The molecule has 3 rings (SSSR count). The standard InChI is InChI=1S/C15H22N2O3S/c1-20-9-11-13(14(18)19)21-15(16-11)17-8-4-6-10-5-2-3-7-12(10)17/h10,12H,2-9H2,1H3,(H,18,19)/t10-,12-/m1/s1. The third kappa shape index (κ3) is 2.92.